The number of hydrogen-bond donors (Lipinski definition) is 1. The first-order chi connectivity index (χ1) is 9.05. The summed E-state index contributed by atoms with van der Waals surface area (Å²) in [7, 11) is -3.70. The van der Waals surface area contributed by atoms with E-state index in [0.717, 1.165) is 19.3 Å². The fraction of sp³-hybridized carbons (Fsp3) is 0.538. The summed E-state index contributed by atoms with van der Waals surface area (Å²) in [5.74, 6) is -0.205. The van der Waals surface area contributed by atoms with Crippen LogP contribution in [0.3, 0.4) is 0 Å². The molecular formula is C13H19FN2O2S. The van der Waals surface area contributed by atoms with E-state index in [9.17, 15) is 12.8 Å². The number of rotatable bonds is 4. The van der Waals surface area contributed by atoms with Gasteiger partial charge >= 0.3 is 0 Å². The smallest absolute Gasteiger partial charge is 0.245 e. The molecule has 0 bridgehead atoms. The molecule has 1 aromatic rings. The molecule has 1 fully saturated rings. The zero-order chi connectivity index (χ0) is 13.9. The Balaban J connectivity index is 2.12. The monoisotopic (exact) mass is 286 g/mol. The van der Waals surface area contributed by atoms with Gasteiger partial charge in [0.1, 0.15) is 10.7 Å². The third kappa shape index (κ3) is 3.13. The molecule has 1 aliphatic heterocycles. The highest BCUT2D eigenvalue weighted by Gasteiger charge is 2.30. The third-order valence-electron chi connectivity index (χ3n) is 3.60. The maximum Gasteiger partial charge on any atom is 0.245 e. The SMILES string of the molecule is NCCC1CCN(S(=O)(=O)c2ccccc2F)CC1. The van der Waals surface area contributed by atoms with E-state index < -0.39 is 15.8 Å². The van der Waals surface area contributed by atoms with Crippen LogP contribution in [0.4, 0.5) is 4.39 Å². The van der Waals surface area contributed by atoms with Crippen molar-refractivity contribution < 1.29 is 12.8 Å². The van der Waals surface area contributed by atoms with Gasteiger partial charge in [0, 0.05) is 13.1 Å². The third-order valence-corrected chi connectivity index (χ3v) is 5.53. The second-order valence-electron chi connectivity index (χ2n) is 4.86. The fourth-order valence-electron chi connectivity index (χ4n) is 2.47. The van der Waals surface area contributed by atoms with E-state index in [4.69, 9.17) is 5.73 Å². The van der Waals surface area contributed by atoms with Gasteiger partial charge in [0.25, 0.3) is 0 Å². The van der Waals surface area contributed by atoms with Crippen LogP contribution in [0.2, 0.25) is 0 Å². The number of benzene rings is 1. The molecule has 2 rings (SSSR count). The van der Waals surface area contributed by atoms with Gasteiger partial charge in [-0.2, -0.15) is 4.31 Å². The van der Waals surface area contributed by atoms with Crippen molar-refractivity contribution in [2.24, 2.45) is 11.7 Å². The van der Waals surface area contributed by atoms with Gasteiger partial charge < -0.3 is 5.73 Å². The van der Waals surface area contributed by atoms with Crippen LogP contribution in [0.15, 0.2) is 29.2 Å². The predicted octanol–water partition coefficient (Wildman–Crippen LogP) is 1.58. The Hall–Kier alpha value is -0.980. The lowest BCUT2D eigenvalue weighted by atomic mass is 9.95. The van der Waals surface area contributed by atoms with Crippen LogP contribution >= 0.6 is 0 Å². The molecule has 0 radical (unpaired) electrons. The first-order valence-corrected chi connectivity index (χ1v) is 7.94. The average molecular weight is 286 g/mol. The summed E-state index contributed by atoms with van der Waals surface area (Å²) in [5, 5.41) is 0. The zero-order valence-electron chi connectivity index (χ0n) is 10.8. The maximum atomic E-state index is 13.6. The quantitative estimate of drug-likeness (QED) is 0.914. The topological polar surface area (TPSA) is 63.4 Å². The molecule has 1 aromatic carbocycles. The summed E-state index contributed by atoms with van der Waals surface area (Å²) >= 11 is 0. The second kappa shape index (κ2) is 5.98. The van der Waals surface area contributed by atoms with E-state index >= 15 is 0 Å². The lowest BCUT2D eigenvalue weighted by Gasteiger charge is -2.31. The Labute approximate surface area is 113 Å². The van der Waals surface area contributed by atoms with Gasteiger partial charge in [0.2, 0.25) is 10.0 Å². The Morgan fingerprint density at radius 2 is 1.89 bits per heavy atom. The molecular weight excluding hydrogens is 267 g/mol. The molecule has 1 aliphatic rings. The Morgan fingerprint density at radius 3 is 2.47 bits per heavy atom. The molecule has 1 heterocycles. The number of piperidine rings is 1. The highest BCUT2D eigenvalue weighted by atomic mass is 32.2. The van der Waals surface area contributed by atoms with Crippen molar-refractivity contribution >= 4 is 10.0 Å². The van der Waals surface area contributed by atoms with Gasteiger partial charge in [-0.1, -0.05) is 12.1 Å². The van der Waals surface area contributed by atoms with E-state index in [1.54, 1.807) is 0 Å². The van der Waals surface area contributed by atoms with Crippen molar-refractivity contribution in [1.29, 1.82) is 0 Å². The van der Waals surface area contributed by atoms with Crippen LogP contribution in [-0.4, -0.2) is 32.4 Å². The van der Waals surface area contributed by atoms with Crippen molar-refractivity contribution in [3.05, 3.63) is 30.1 Å². The summed E-state index contributed by atoms with van der Waals surface area (Å²) in [4.78, 5) is -0.229. The summed E-state index contributed by atoms with van der Waals surface area (Å²) in [6, 6.07) is 5.52. The van der Waals surface area contributed by atoms with E-state index in [0.29, 0.717) is 25.6 Å². The molecule has 6 heteroatoms. The lowest BCUT2D eigenvalue weighted by molar-refractivity contribution is 0.265. The van der Waals surface area contributed by atoms with Crippen LogP contribution in [0.25, 0.3) is 0 Å². The van der Waals surface area contributed by atoms with E-state index in [1.807, 2.05) is 0 Å². The number of sulfonamides is 1. The second-order valence-corrected chi connectivity index (χ2v) is 6.76. The lowest BCUT2D eigenvalue weighted by Crippen LogP contribution is -2.39. The Morgan fingerprint density at radius 1 is 1.26 bits per heavy atom. The molecule has 0 unspecified atom stereocenters. The number of halogens is 1. The maximum absolute atomic E-state index is 13.6. The first-order valence-electron chi connectivity index (χ1n) is 6.50. The molecule has 0 aromatic heterocycles. The van der Waals surface area contributed by atoms with Gasteiger partial charge in [-0.05, 0) is 43.9 Å². The van der Waals surface area contributed by atoms with Crippen molar-refractivity contribution in [1.82, 2.24) is 4.31 Å². The van der Waals surface area contributed by atoms with Crippen molar-refractivity contribution in [2.45, 2.75) is 24.2 Å². The van der Waals surface area contributed by atoms with Crippen molar-refractivity contribution in [3.8, 4) is 0 Å². The van der Waals surface area contributed by atoms with Crippen molar-refractivity contribution in [3.63, 3.8) is 0 Å². The van der Waals surface area contributed by atoms with E-state index in [-0.39, 0.29) is 4.90 Å². The first kappa shape index (κ1) is 14.4. The minimum Gasteiger partial charge on any atom is -0.330 e. The Bertz CT molecular complexity index is 525. The van der Waals surface area contributed by atoms with Crippen LogP contribution in [0.5, 0.6) is 0 Å². The van der Waals surface area contributed by atoms with Crippen LogP contribution < -0.4 is 5.73 Å². The summed E-state index contributed by atoms with van der Waals surface area (Å²) in [6.45, 7) is 1.52. The normalized spacial score (nSPS) is 18.6. The van der Waals surface area contributed by atoms with Crippen LogP contribution in [0.1, 0.15) is 19.3 Å². The van der Waals surface area contributed by atoms with Crippen molar-refractivity contribution in [2.75, 3.05) is 19.6 Å². The molecule has 0 spiro atoms. The summed E-state index contributed by atoms with van der Waals surface area (Å²) in [6.07, 6.45) is 2.52. The van der Waals surface area contributed by atoms with E-state index in [1.165, 1.54) is 28.6 Å². The molecule has 4 nitrogen and oxygen atoms in total. The number of nitrogens with two attached hydrogens (primary N) is 1. The molecule has 0 aliphatic carbocycles. The highest BCUT2D eigenvalue weighted by Crippen LogP contribution is 2.26. The standard InChI is InChI=1S/C13H19FN2O2S/c14-12-3-1-2-4-13(12)19(17,18)16-9-6-11(5-8-15)7-10-16/h1-4,11H,5-10,15H2. The number of hydrogen-bond acceptors (Lipinski definition) is 3. The van der Waals surface area contributed by atoms with Crippen LogP contribution in [0, 0.1) is 11.7 Å². The van der Waals surface area contributed by atoms with Gasteiger partial charge in [-0.3, -0.25) is 0 Å². The molecule has 0 amide bonds. The Kier molecular flexibility index (Phi) is 4.54. The van der Waals surface area contributed by atoms with Gasteiger partial charge in [0.15, 0.2) is 0 Å². The van der Waals surface area contributed by atoms with Gasteiger partial charge in [-0.15, -0.1) is 0 Å². The minimum absolute atomic E-state index is 0.229. The zero-order valence-corrected chi connectivity index (χ0v) is 11.6. The summed E-state index contributed by atoms with van der Waals surface area (Å²) < 4.78 is 39.7. The molecule has 19 heavy (non-hydrogen) atoms. The number of nitrogens with zero attached hydrogens (tertiary/aromatic N) is 1. The van der Waals surface area contributed by atoms with Gasteiger partial charge in [-0.25, -0.2) is 12.8 Å². The highest BCUT2D eigenvalue weighted by molar-refractivity contribution is 7.89. The molecule has 106 valence electrons. The molecule has 0 saturated carbocycles. The fourth-order valence-corrected chi connectivity index (χ4v) is 4.00. The summed E-state index contributed by atoms with van der Waals surface area (Å²) in [5.41, 5.74) is 5.51. The van der Waals surface area contributed by atoms with E-state index in [2.05, 4.69) is 0 Å². The largest absolute Gasteiger partial charge is 0.330 e. The minimum atomic E-state index is -3.70. The molecule has 0 atom stereocenters. The molecule has 1 saturated heterocycles. The molecule has 2 N–H and O–H groups in total. The van der Waals surface area contributed by atoms with Gasteiger partial charge in [0.05, 0.1) is 0 Å². The van der Waals surface area contributed by atoms with Crippen LogP contribution in [-0.2, 0) is 10.0 Å². The predicted molar refractivity (Wildman–Crippen MR) is 71.6 cm³/mol. The average Bonchev–Trinajstić information content (AvgIpc) is 2.40.